The van der Waals surface area contributed by atoms with Crippen molar-refractivity contribution < 1.29 is 9.53 Å². The van der Waals surface area contributed by atoms with Gasteiger partial charge in [-0.1, -0.05) is 0 Å². The van der Waals surface area contributed by atoms with Gasteiger partial charge < -0.3 is 19.9 Å². The van der Waals surface area contributed by atoms with E-state index >= 15 is 0 Å². The minimum Gasteiger partial charge on any atom is -0.384 e. The first kappa shape index (κ1) is 23.2. The predicted octanol–water partition coefficient (Wildman–Crippen LogP) is 1.95. The zero-order chi connectivity index (χ0) is 15.8. The van der Waals surface area contributed by atoms with E-state index in [4.69, 9.17) is 4.74 Å². The van der Waals surface area contributed by atoms with Crippen LogP contribution >= 0.6 is 24.8 Å². The number of hydrogen-bond acceptors (Lipinski definition) is 4. The number of ether oxygens (including phenoxy) is 1. The van der Waals surface area contributed by atoms with E-state index in [0.717, 1.165) is 57.7 Å². The van der Waals surface area contributed by atoms with Gasteiger partial charge in [-0.25, -0.2) is 4.98 Å². The topological polar surface area (TPSA) is 68.2 Å². The largest absolute Gasteiger partial charge is 0.384 e. The summed E-state index contributed by atoms with van der Waals surface area (Å²) in [7, 11) is 1.67. The van der Waals surface area contributed by atoms with Crippen LogP contribution in [0.5, 0.6) is 0 Å². The standard InChI is InChI=1S/C16H28N4O2.2ClH/c1-14-18-10-12-20(14)11-4-3-7-19-15(21)16(13-22-2)5-8-17-9-6-16;;/h10,12,17H,3-9,11,13H2,1-2H3,(H,19,21);2*1H. The Bertz CT molecular complexity index is 471. The number of aryl methyl sites for hydroxylation is 2. The number of halogens is 2. The van der Waals surface area contributed by atoms with E-state index in [1.807, 2.05) is 19.3 Å². The molecule has 1 aromatic rings. The molecule has 1 fully saturated rings. The van der Waals surface area contributed by atoms with Crippen LogP contribution in [-0.4, -0.2) is 48.8 Å². The third kappa shape index (κ3) is 6.24. The number of unbranched alkanes of at least 4 members (excludes halogenated alkanes) is 1. The summed E-state index contributed by atoms with van der Waals surface area (Å²) in [5, 5.41) is 6.41. The number of piperidine rings is 1. The van der Waals surface area contributed by atoms with Crippen molar-refractivity contribution in [2.24, 2.45) is 5.41 Å². The van der Waals surface area contributed by atoms with Crippen LogP contribution in [0.4, 0.5) is 0 Å². The van der Waals surface area contributed by atoms with Crippen LogP contribution in [0.2, 0.25) is 0 Å². The number of hydrogen-bond donors (Lipinski definition) is 2. The van der Waals surface area contributed by atoms with Gasteiger partial charge in [-0.05, 0) is 45.7 Å². The minimum absolute atomic E-state index is 0. The molecule has 2 heterocycles. The summed E-state index contributed by atoms with van der Waals surface area (Å²) < 4.78 is 7.44. The van der Waals surface area contributed by atoms with Crippen molar-refractivity contribution in [2.75, 3.05) is 33.4 Å². The van der Waals surface area contributed by atoms with E-state index in [0.29, 0.717) is 6.61 Å². The number of carbonyl (C=O) groups is 1. The Kier molecular flexibility index (Phi) is 11.3. The molecule has 0 atom stereocenters. The Labute approximate surface area is 156 Å². The van der Waals surface area contributed by atoms with Gasteiger partial charge >= 0.3 is 0 Å². The van der Waals surface area contributed by atoms with Gasteiger partial charge in [0.15, 0.2) is 0 Å². The normalized spacial score (nSPS) is 15.9. The highest BCUT2D eigenvalue weighted by Crippen LogP contribution is 2.29. The summed E-state index contributed by atoms with van der Waals surface area (Å²) in [5.41, 5.74) is -0.346. The third-order valence-electron chi connectivity index (χ3n) is 4.50. The van der Waals surface area contributed by atoms with Crippen LogP contribution in [-0.2, 0) is 16.1 Å². The molecule has 140 valence electrons. The Morgan fingerprint density at radius 2 is 2.08 bits per heavy atom. The van der Waals surface area contributed by atoms with Gasteiger partial charge in [-0.3, -0.25) is 4.79 Å². The second-order valence-electron chi connectivity index (χ2n) is 6.09. The zero-order valence-electron chi connectivity index (χ0n) is 14.5. The summed E-state index contributed by atoms with van der Waals surface area (Å²) >= 11 is 0. The molecule has 1 aliphatic heterocycles. The van der Waals surface area contributed by atoms with Crippen molar-refractivity contribution in [3.05, 3.63) is 18.2 Å². The van der Waals surface area contributed by atoms with Crippen LogP contribution in [0, 0.1) is 12.3 Å². The van der Waals surface area contributed by atoms with Crippen molar-refractivity contribution >= 4 is 30.7 Å². The van der Waals surface area contributed by atoms with Gasteiger partial charge in [0.05, 0.1) is 12.0 Å². The Morgan fingerprint density at radius 3 is 2.67 bits per heavy atom. The highest BCUT2D eigenvalue weighted by Gasteiger charge is 2.39. The molecule has 0 spiro atoms. The van der Waals surface area contributed by atoms with E-state index in [2.05, 4.69) is 20.2 Å². The maximum atomic E-state index is 12.5. The molecule has 0 unspecified atom stereocenters. The first-order chi connectivity index (χ1) is 10.7. The molecule has 0 radical (unpaired) electrons. The monoisotopic (exact) mass is 380 g/mol. The molecule has 2 rings (SSSR count). The molecule has 6 nitrogen and oxygen atoms in total. The number of nitrogens with zero attached hydrogens (tertiary/aromatic N) is 2. The number of amides is 1. The van der Waals surface area contributed by atoms with E-state index in [-0.39, 0.29) is 36.1 Å². The lowest BCUT2D eigenvalue weighted by Gasteiger charge is -2.35. The first-order valence-electron chi connectivity index (χ1n) is 8.14. The van der Waals surface area contributed by atoms with Crippen LogP contribution in [0.15, 0.2) is 12.4 Å². The summed E-state index contributed by atoms with van der Waals surface area (Å²) in [6, 6.07) is 0. The van der Waals surface area contributed by atoms with E-state index in [9.17, 15) is 4.79 Å². The van der Waals surface area contributed by atoms with Crippen molar-refractivity contribution in [1.82, 2.24) is 20.2 Å². The van der Waals surface area contributed by atoms with Gasteiger partial charge in [0.1, 0.15) is 5.82 Å². The van der Waals surface area contributed by atoms with Crippen LogP contribution in [0.3, 0.4) is 0 Å². The summed E-state index contributed by atoms with van der Waals surface area (Å²) in [6.45, 7) is 5.97. The maximum Gasteiger partial charge on any atom is 0.228 e. The fourth-order valence-corrected chi connectivity index (χ4v) is 3.06. The molecule has 0 bridgehead atoms. The smallest absolute Gasteiger partial charge is 0.228 e. The molecule has 8 heteroatoms. The molecule has 1 aliphatic rings. The van der Waals surface area contributed by atoms with E-state index < -0.39 is 0 Å². The maximum absolute atomic E-state index is 12.5. The van der Waals surface area contributed by atoms with Crippen molar-refractivity contribution in [2.45, 2.75) is 39.2 Å². The molecule has 0 saturated carbocycles. The zero-order valence-corrected chi connectivity index (χ0v) is 16.2. The van der Waals surface area contributed by atoms with Crippen LogP contribution in [0.25, 0.3) is 0 Å². The Morgan fingerprint density at radius 1 is 1.38 bits per heavy atom. The Hall–Kier alpha value is -0.820. The molecule has 0 aromatic carbocycles. The second kappa shape index (κ2) is 11.7. The van der Waals surface area contributed by atoms with Crippen molar-refractivity contribution in [3.8, 4) is 0 Å². The second-order valence-corrected chi connectivity index (χ2v) is 6.09. The Balaban J connectivity index is 0.00000264. The van der Waals surface area contributed by atoms with Gasteiger partial charge in [0.25, 0.3) is 0 Å². The highest BCUT2D eigenvalue weighted by atomic mass is 35.5. The number of nitrogens with one attached hydrogen (secondary N) is 2. The molecule has 1 aromatic heterocycles. The third-order valence-corrected chi connectivity index (χ3v) is 4.50. The van der Waals surface area contributed by atoms with Gasteiger partial charge in [-0.2, -0.15) is 0 Å². The lowest BCUT2D eigenvalue weighted by Crippen LogP contribution is -2.50. The lowest BCUT2D eigenvalue weighted by atomic mass is 9.78. The quantitative estimate of drug-likeness (QED) is 0.676. The fourth-order valence-electron chi connectivity index (χ4n) is 3.06. The van der Waals surface area contributed by atoms with Crippen molar-refractivity contribution in [3.63, 3.8) is 0 Å². The van der Waals surface area contributed by atoms with E-state index in [1.165, 1.54) is 0 Å². The number of imidazole rings is 1. The highest BCUT2D eigenvalue weighted by molar-refractivity contribution is 5.85. The SMILES string of the molecule is COCC1(C(=O)NCCCCn2ccnc2C)CCNCC1.Cl.Cl. The lowest BCUT2D eigenvalue weighted by molar-refractivity contribution is -0.136. The van der Waals surface area contributed by atoms with Gasteiger partial charge in [0, 0.05) is 32.6 Å². The molecule has 0 aliphatic carbocycles. The number of aromatic nitrogens is 2. The predicted molar refractivity (Wildman–Crippen MR) is 100 cm³/mol. The van der Waals surface area contributed by atoms with Gasteiger partial charge in [0.2, 0.25) is 5.91 Å². The summed E-state index contributed by atoms with van der Waals surface area (Å²) in [5.74, 6) is 1.19. The molecule has 24 heavy (non-hydrogen) atoms. The van der Waals surface area contributed by atoms with Crippen molar-refractivity contribution in [1.29, 1.82) is 0 Å². The molecule has 2 N–H and O–H groups in total. The van der Waals surface area contributed by atoms with Crippen LogP contribution in [0.1, 0.15) is 31.5 Å². The first-order valence-corrected chi connectivity index (χ1v) is 8.14. The fraction of sp³-hybridized carbons (Fsp3) is 0.750. The molecule has 1 saturated heterocycles. The average molecular weight is 381 g/mol. The number of carbonyl (C=O) groups excluding carboxylic acids is 1. The summed E-state index contributed by atoms with van der Waals surface area (Å²) in [6.07, 6.45) is 7.53. The van der Waals surface area contributed by atoms with Gasteiger partial charge in [-0.15, -0.1) is 24.8 Å². The molecular weight excluding hydrogens is 351 g/mol. The minimum atomic E-state index is -0.346. The van der Waals surface area contributed by atoms with Crippen LogP contribution < -0.4 is 10.6 Å². The molecule has 1 amide bonds. The average Bonchev–Trinajstić information content (AvgIpc) is 2.93. The molecular formula is C16H30Cl2N4O2. The van der Waals surface area contributed by atoms with E-state index in [1.54, 1.807) is 7.11 Å². The number of rotatable bonds is 8. The number of methoxy groups -OCH3 is 1. The summed E-state index contributed by atoms with van der Waals surface area (Å²) in [4.78, 5) is 16.7.